The van der Waals surface area contributed by atoms with Crippen molar-refractivity contribution in [3.8, 4) is 5.75 Å². The molecule has 3 rings (SSSR count). The number of aliphatic hydroxyl groups excluding tert-OH is 1. The molecule has 1 amide bonds. The second-order valence-electron chi connectivity index (χ2n) is 7.14. The van der Waals surface area contributed by atoms with Gasteiger partial charge in [-0.15, -0.1) is 0 Å². The molecule has 3 N–H and O–H groups in total. The van der Waals surface area contributed by atoms with Gasteiger partial charge in [0.1, 0.15) is 11.9 Å². The number of hydrogen-bond donors (Lipinski definition) is 2. The topological polar surface area (TPSA) is 92.9 Å². The Morgan fingerprint density at radius 3 is 2.46 bits per heavy atom. The van der Waals surface area contributed by atoms with Crippen molar-refractivity contribution in [2.24, 2.45) is 5.73 Å². The van der Waals surface area contributed by atoms with Gasteiger partial charge in [-0.2, -0.15) is 0 Å². The lowest BCUT2D eigenvalue weighted by Gasteiger charge is -2.32. The maximum atomic E-state index is 12.7. The van der Waals surface area contributed by atoms with Crippen molar-refractivity contribution >= 4 is 11.9 Å². The van der Waals surface area contributed by atoms with Crippen LogP contribution in [0.25, 0.3) is 0 Å². The molecular formula is C22H26N2O4. The predicted octanol–water partition coefficient (Wildman–Crippen LogP) is 2.45. The Morgan fingerprint density at radius 2 is 1.86 bits per heavy atom. The molecule has 2 aromatic carbocycles. The summed E-state index contributed by atoms with van der Waals surface area (Å²) in [5.74, 6) is 0.00108. The van der Waals surface area contributed by atoms with Crippen LogP contribution in [0.4, 0.5) is 0 Å². The molecule has 6 nitrogen and oxygen atoms in total. The fraction of sp³-hybridized carbons (Fsp3) is 0.364. The van der Waals surface area contributed by atoms with Crippen LogP contribution in [0.1, 0.15) is 47.2 Å². The van der Waals surface area contributed by atoms with Gasteiger partial charge in [-0.05, 0) is 61.1 Å². The van der Waals surface area contributed by atoms with Crippen molar-refractivity contribution < 1.29 is 19.4 Å². The molecule has 0 aromatic heterocycles. The highest BCUT2D eigenvalue weighted by atomic mass is 16.5. The molecule has 0 radical (unpaired) electrons. The SMILES string of the molecule is CC(O)C(=O)Oc1ccc(C(=O)N2CCC(c3cccc(CN)c3)CC2)cc1. The van der Waals surface area contributed by atoms with E-state index in [-0.39, 0.29) is 5.91 Å². The molecule has 0 saturated carbocycles. The molecule has 6 heteroatoms. The lowest BCUT2D eigenvalue weighted by Crippen LogP contribution is -2.37. The minimum absolute atomic E-state index is 0.0254. The molecule has 28 heavy (non-hydrogen) atoms. The van der Waals surface area contributed by atoms with Crippen molar-refractivity contribution in [1.29, 1.82) is 0 Å². The summed E-state index contributed by atoms with van der Waals surface area (Å²) in [6.07, 6.45) is 0.654. The van der Waals surface area contributed by atoms with Crippen LogP contribution in [-0.2, 0) is 11.3 Å². The summed E-state index contributed by atoms with van der Waals surface area (Å²) in [6.45, 7) is 3.29. The van der Waals surface area contributed by atoms with E-state index in [0.717, 1.165) is 18.4 Å². The van der Waals surface area contributed by atoms with Crippen molar-refractivity contribution in [2.45, 2.75) is 38.3 Å². The van der Waals surface area contributed by atoms with E-state index in [9.17, 15) is 14.7 Å². The van der Waals surface area contributed by atoms with E-state index < -0.39 is 12.1 Å². The zero-order chi connectivity index (χ0) is 20.1. The van der Waals surface area contributed by atoms with Crippen molar-refractivity contribution in [1.82, 2.24) is 4.90 Å². The molecule has 1 heterocycles. The number of likely N-dealkylation sites (tertiary alicyclic amines) is 1. The van der Waals surface area contributed by atoms with E-state index in [1.165, 1.54) is 12.5 Å². The van der Waals surface area contributed by atoms with Gasteiger partial charge in [-0.25, -0.2) is 4.79 Å². The Hall–Kier alpha value is -2.70. The molecule has 0 spiro atoms. The minimum atomic E-state index is -1.19. The number of amides is 1. The largest absolute Gasteiger partial charge is 0.425 e. The monoisotopic (exact) mass is 382 g/mol. The van der Waals surface area contributed by atoms with E-state index in [2.05, 4.69) is 12.1 Å². The summed E-state index contributed by atoms with van der Waals surface area (Å²) in [7, 11) is 0. The van der Waals surface area contributed by atoms with E-state index >= 15 is 0 Å². The summed E-state index contributed by atoms with van der Waals surface area (Å²) < 4.78 is 5.02. The van der Waals surface area contributed by atoms with Gasteiger partial charge in [0.15, 0.2) is 0 Å². The highest BCUT2D eigenvalue weighted by Gasteiger charge is 2.24. The number of rotatable bonds is 5. The number of nitrogens with zero attached hydrogens (tertiary/aromatic N) is 1. The van der Waals surface area contributed by atoms with Gasteiger partial charge in [0.05, 0.1) is 0 Å². The van der Waals surface area contributed by atoms with E-state index in [1.54, 1.807) is 24.3 Å². The van der Waals surface area contributed by atoms with E-state index in [4.69, 9.17) is 10.5 Å². The lowest BCUT2D eigenvalue weighted by atomic mass is 9.88. The van der Waals surface area contributed by atoms with Gasteiger partial charge in [0.2, 0.25) is 0 Å². The standard InChI is InChI=1S/C22H26N2O4/c1-15(25)22(27)28-20-7-5-18(6-8-20)21(26)24-11-9-17(10-12-24)19-4-2-3-16(13-19)14-23/h2-8,13,15,17,25H,9-12,14,23H2,1H3. The van der Waals surface area contributed by atoms with Gasteiger partial charge < -0.3 is 20.5 Å². The van der Waals surface area contributed by atoms with Gasteiger partial charge in [-0.3, -0.25) is 4.79 Å². The minimum Gasteiger partial charge on any atom is -0.425 e. The molecule has 1 fully saturated rings. The first-order chi connectivity index (χ1) is 13.5. The molecule has 148 valence electrons. The molecule has 2 aromatic rings. The lowest BCUT2D eigenvalue weighted by molar-refractivity contribution is -0.142. The van der Waals surface area contributed by atoms with Crippen molar-refractivity contribution in [3.05, 3.63) is 65.2 Å². The molecule has 1 atom stereocenters. The number of ether oxygens (including phenoxy) is 1. The van der Waals surface area contributed by atoms with Crippen LogP contribution in [0, 0.1) is 0 Å². The number of nitrogens with two attached hydrogens (primary N) is 1. The number of aliphatic hydroxyl groups is 1. The molecule has 1 unspecified atom stereocenters. The average molecular weight is 382 g/mol. The van der Waals surface area contributed by atoms with Crippen molar-refractivity contribution in [3.63, 3.8) is 0 Å². The fourth-order valence-electron chi connectivity index (χ4n) is 3.44. The third-order valence-electron chi connectivity index (χ3n) is 5.10. The first-order valence-corrected chi connectivity index (χ1v) is 9.56. The maximum absolute atomic E-state index is 12.7. The summed E-state index contributed by atoms with van der Waals surface area (Å²) in [4.78, 5) is 26.0. The summed E-state index contributed by atoms with van der Waals surface area (Å²) in [6, 6.07) is 14.8. The Kier molecular flexibility index (Phi) is 6.44. The second kappa shape index (κ2) is 8.99. The first kappa shape index (κ1) is 20.0. The zero-order valence-electron chi connectivity index (χ0n) is 16.0. The number of piperidine rings is 1. The quantitative estimate of drug-likeness (QED) is 0.612. The number of benzene rings is 2. The van der Waals surface area contributed by atoms with Gasteiger partial charge >= 0.3 is 5.97 Å². The number of carbonyl (C=O) groups excluding carboxylic acids is 2. The van der Waals surface area contributed by atoms with Crippen LogP contribution in [0.2, 0.25) is 0 Å². The molecular weight excluding hydrogens is 356 g/mol. The van der Waals surface area contributed by atoms with E-state index in [1.807, 2.05) is 17.0 Å². The van der Waals surface area contributed by atoms with Crippen LogP contribution in [0.5, 0.6) is 5.75 Å². The van der Waals surface area contributed by atoms with Crippen LogP contribution in [-0.4, -0.2) is 41.1 Å². The Balaban J connectivity index is 1.58. The number of carbonyl (C=O) groups is 2. The van der Waals surface area contributed by atoms with E-state index in [0.29, 0.717) is 36.9 Å². The van der Waals surface area contributed by atoms with Crippen molar-refractivity contribution in [2.75, 3.05) is 13.1 Å². The van der Waals surface area contributed by atoms with Crippen LogP contribution < -0.4 is 10.5 Å². The molecule has 1 aliphatic rings. The Morgan fingerprint density at radius 1 is 1.18 bits per heavy atom. The summed E-state index contributed by atoms with van der Waals surface area (Å²) in [5.41, 5.74) is 8.71. The average Bonchev–Trinajstić information content (AvgIpc) is 2.74. The van der Waals surface area contributed by atoms with Gasteiger partial charge in [0.25, 0.3) is 5.91 Å². The van der Waals surface area contributed by atoms with Crippen LogP contribution >= 0.6 is 0 Å². The third kappa shape index (κ3) is 4.77. The number of esters is 1. The Bertz CT molecular complexity index is 825. The first-order valence-electron chi connectivity index (χ1n) is 9.56. The van der Waals surface area contributed by atoms with Crippen LogP contribution in [0.3, 0.4) is 0 Å². The predicted molar refractivity (Wildman–Crippen MR) is 106 cm³/mol. The highest BCUT2D eigenvalue weighted by molar-refractivity contribution is 5.94. The zero-order valence-corrected chi connectivity index (χ0v) is 16.0. The van der Waals surface area contributed by atoms with Gasteiger partial charge in [-0.1, -0.05) is 24.3 Å². The Labute approximate surface area is 164 Å². The third-order valence-corrected chi connectivity index (χ3v) is 5.10. The number of hydrogen-bond acceptors (Lipinski definition) is 5. The molecule has 0 bridgehead atoms. The summed E-state index contributed by atoms with van der Waals surface area (Å²) in [5, 5.41) is 9.19. The highest BCUT2D eigenvalue weighted by Crippen LogP contribution is 2.29. The maximum Gasteiger partial charge on any atom is 0.340 e. The normalized spacial score (nSPS) is 15.9. The fourth-order valence-corrected chi connectivity index (χ4v) is 3.44. The van der Waals surface area contributed by atoms with Gasteiger partial charge in [0, 0.05) is 25.2 Å². The molecule has 0 aliphatic carbocycles. The smallest absolute Gasteiger partial charge is 0.340 e. The molecule has 1 saturated heterocycles. The molecule has 1 aliphatic heterocycles. The van der Waals surface area contributed by atoms with Crippen LogP contribution in [0.15, 0.2) is 48.5 Å². The summed E-state index contributed by atoms with van der Waals surface area (Å²) >= 11 is 0. The second-order valence-corrected chi connectivity index (χ2v) is 7.14.